The number of rotatable bonds is 7. The minimum Gasteiger partial charge on any atom is -0.161 e. The predicted molar refractivity (Wildman–Crippen MR) is 48.1 cm³/mol. The molecule has 12 heavy (non-hydrogen) atoms. The van der Waals surface area contributed by atoms with Crippen molar-refractivity contribution in [3.63, 3.8) is 0 Å². The van der Waals surface area contributed by atoms with Crippen LogP contribution in [0, 0.1) is 0 Å². The molecule has 0 saturated heterocycles. The summed E-state index contributed by atoms with van der Waals surface area (Å²) in [5.74, 6) is 0. The summed E-state index contributed by atoms with van der Waals surface area (Å²) >= 11 is 0. The van der Waals surface area contributed by atoms with Gasteiger partial charge < -0.3 is 0 Å². The zero-order chi connectivity index (χ0) is 8.53. The minimum absolute atomic E-state index is 0. The van der Waals surface area contributed by atoms with E-state index >= 15 is 0 Å². The summed E-state index contributed by atoms with van der Waals surface area (Å²) in [6.07, 6.45) is 7.56. The normalized spacial score (nSPS) is 10.7. The molecule has 0 aliphatic rings. The second-order valence-electron chi connectivity index (χ2n) is 2.84. The van der Waals surface area contributed by atoms with Crippen LogP contribution in [0.15, 0.2) is 0 Å². The molecule has 1 atom stereocenters. The Labute approximate surface area is 85.9 Å². The molecule has 0 bridgehead atoms. The van der Waals surface area contributed by atoms with Gasteiger partial charge >= 0.3 is 8.03 Å². The molecule has 0 saturated carbocycles. The summed E-state index contributed by atoms with van der Waals surface area (Å²) in [5, 5.41) is 0. The summed E-state index contributed by atoms with van der Waals surface area (Å²) in [4.78, 5) is 8.46. The molecule has 0 aliphatic heterocycles. The van der Waals surface area contributed by atoms with Crippen molar-refractivity contribution in [3.8, 4) is 0 Å². The van der Waals surface area contributed by atoms with Gasteiger partial charge in [0.15, 0.2) is 6.16 Å². The molecule has 2 nitrogen and oxygen atoms in total. The molecule has 0 aromatic rings. The third-order valence-electron chi connectivity index (χ3n) is 1.70. The molecule has 0 heterocycles. The van der Waals surface area contributed by atoms with Gasteiger partial charge in [0.2, 0.25) is 0 Å². The SMILES string of the molecule is CCCCCCCC[P+](=O)O.[Ni]. The standard InChI is InChI=1S/C8H17O2P.Ni/c1-2-3-4-5-6-7-8-11(9)10;/h2-8H2,1H3;/p+1. The first-order valence-electron chi connectivity index (χ1n) is 4.41. The predicted octanol–water partition coefficient (Wildman–Crippen LogP) is 3.08. The van der Waals surface area contributed by atoms with Crippen molar-refractivity contribution in [2.75, 3.05) is 6.16 Å². The second kappa shape index (κ2) is 11.6. The molecule has 0 aromatic heterocycles. The van der Waals surface area contributed by atoms with E-state index in [1.165, 1.54) is 25.7 Å². The summed E-state index contributed by atoms with van der Waals surface area (Å²) in [6.45, 7) is 2.19. The maximum Gasteiger partial charge on any atom is 0.505 e. The monoisotopic (exact) mass is 235 g/mol. The van der Waals surface area contributed by atoms with E-state index in [0.717, 1.165) is 12.8 Å². The molecule has 4 heteroatoms. The molecule has 0 aromatic carbocycles. The molecule has 1 unspecified atom stereocenters. The fraction of sp³-hybridized carbons (Fsp3) is 1.00. The Kier molecular flexibility index (Phi) is 14.5. The van der Waals surface area contributed by atoms with Crippen LogP contribution in [0.5, 0.6) is 0 Å². The largest absolute Gasteiger partial charge is 0.505 e. The van der Waals surface area contributed by atoms with E-state index in [2.05, 4.69) is 6.92 Å². The first kappa shape index (κ1) is 15.0. The van der Waals surface area contributed by atoms with Crippen LogP contribution in [-0.4, -0.2) is 11.1 Å². The quantitative estimate of drug-likeness (QED) is 0.419. The fourth-order valence-electron chi connectivity index (χ4n) is 1.03. The smallest absolute Gasteiger partial charge is 0.161 e. The summed E-state index contributed by atoms with van der Waals surface area (Å²) < 4.78 is 10.2. The van der Waals surface area contributed by atoms with Gasteiger partial charge in [-0.05, 0) is 17.4 Å². The molecule has 76 valence electrons. The van der Waals surface area contributed by atoms with E-state index in [4.69, 9.17) is 4.89 Å². The molecule has 1 N–H and O–H groups in total. The van der Waals surface area contributed by atoms with Crippen molar-refractivity contribution in [2.24, 2.45) is 0 Å². The van der Waals surface area contributed by atoms with E-state index in [0.29, 0.717) is 6.16 Å². The van der Waals surface area contributed by atoms with Gasteiger partial charge in [-0.2, -0.15) is 4.89 Å². The van der Waals surface area contributed by atoms with E-state index in [1.807, 2.05) is 0 Å². The van der Waals surface area contributed by atoms with Gasteiger partial charge in [-0.15, -0.1) is 0 Å². The Morgan fingerprint density at radius 2 is 1.58 bits per heavy atom. The Hall–Kier alpha value is 0.554. The van der Waals surface area contributed by atoms with E-state index in [9.17, 15) is 4.57 Å². The first-order chi connectivity index (χ1) is 5.27. The van der Waals surface area contributed by atoms with Crippen LogP contribution in [-0.2, 0) is 21.1 Å². The molecule has 0 fully saturated rings. The Morgan fingerprint density at radius 3 is 2.08 bits per heavy atom. The second-order valence-corrected chi connectivity index (χ2v) is 4.00. The van der Waals surface area contributed by atoms with Crippen molar-refractivity contribution in [1.29, 1.82) is 0 Å². The summed E-state index contributed by atoms with van der Waals surface area (Å²) in [6, 6.07) is 0. The third-order valence-corrected chi connectivity index (χ3v) is 2.40. The molecule has 0 spiro atoms. The van der Waals surface area contributed by atoms with E-state index in [1.54, 1.807) is 0 Å². The number of hydrogen-bond acceptors (Lipinski definition) is 1. The zero-order valence-corrected chi connectivity index (χ0v) is 9.45. The molecule has 0 amide bonds. The number of unbranched alkanes of at least 4 members (excludes halogenated alkanes) is 5. The van der Waals surface area contributed by atoms with Crippen LogP contribution >= 0.6 is 8.03 Å². The van der Waals surface area contributed by atoms with Gasteiger partial charge in [-0.1, -0.05) is 32.6 Å². The summed E-state index contributed by atoms with van der Waals surface area (Å²) in [7, 11) is -1.87. The molecule has 0 aliphatic carbocycles. The Balaban J connectivity index is 0. The van der Waals surface area contributed by atoms with Gasteiger partial charge in [-0.3, -0.25) is 0 Å². The number of hydrogen-bond donors (Lipinski definition) is 1. The van der Waals surface area contributed by atoms with Crippen molar-refractivity contribution < 1.29 is 25.9 Å². The van der Waals surface area contributed by atoms with Gasteiger partial charge in [0.1, 0.15) is 0 Å². The third kappa shape index (κ3) is 13.2. The summed E-state index contributed by atoms with van der Waals surface area (Å²) in [5.41, 5.74) is 0. The minimum atomic E-state index is -1.87. The zero-order valence-electron chi connectivity index (χ0n) is 7.57. The van der Waals surface area contributed by atoms with Crippen LogP contribution in [0.1, 0.15) is 45.4 Å². The average molecular weight is 236 g/mol. The van der Waals surface area contributed by atoms with Crippen molar-refractivity contribution in [3.05, 3.63) is 0 Å². The molecule has 0 radical (unpaired) electrons. The topological polar surface area (TPSA) is 37.3 Å². The molecular weight excluding hydrogens is 218 g/mol. The average Bonchev–Trinajstić information content (AvgIpc) is 1.96. The van der Waals surface area contributed by atoms with Gasteiger partial charge in [0.05, 0.1) is 0 Å². The van der Waals surface area contributed by atoms with Crippen LogP contribution in [0.4, 0.5) is 0 Å². The fourth-order valence-corrected chi connectivity index (χ4v) is 1.52. The van der Waals surface area contributed by atoms with Crippen molar-refractivity contribution >= 4 is 8.03 Å². The maximum absolute atomic E-state index is 10.2. The van der Waals surface area contributed by atoms with Gasteiger partial charge in [0.25, 0.3) is 0 Å². The Bertz CT molecular complexity index is 109. The maximum atomic E-state index is 10.2. The molecule has 0 rings (SSSR count). The van der Waals surface area contributed by atoms with Crippen molar-refractivity contribution in [1.82, 2.24) is 0 Å². The van der Waals surface area contributed by atoms with Crippen LogP contribution < -0.4 is 0 Å². The Morgan fingerprint density at radius 1 is 1.08 bits per heavy atom. The molecular formula is C8H18NiO2P+. The van der Waals surface area contributed by atoms with Crippen molar-refractivity contribution in [2.45, 2.75) is 45.4 Å². The first-order valence-corrected chi connectivity index (χ1v) is 5.80. The van der Waals surface area contributed by atoms with Crippen LogP contribution in [0.25, 0.3) is 0 Å². The van der Waals surface area contributed by atoms with Crippen LogP contribution in [0.3, 0.4) is 0 Å². The van der Waals surface area contributed by atoms with Gasteiger partial charge in [-0.25, -0.2) is 0 Å². The van der Waals surface area contributed by atoms with Crippen LogP contribution in [0.2, 0.25) is 0 Å². The van der Waals surface area contributed by atoms with Gasteiger partial charge in [0, 0.05) is 16.5 Å². The van der Waals surface area contributed by atoms with E-state index in [-0.39, 0.29) is 16.5 Å². The van der Waals surface area contributed by atoms with E-state index < -0.39 is 8.03 Å².